The van der Waals surface area contributed by atoms with Gasteiger partial charge in [-0.05, 0) is 11.8 Å². The van der Waals surface area contributed by atoms with Crippen molar-refractivity contribution in [1.29, 1.82) is 0 Å². The fourth-order valence-corrected chi connectivity index (χ4v) is 1.87. The van der Waals surface area contributed by atoms with Gasteiger partial charge in [0, 0.05) is 13.2 Å². The Morgan fingerprint density at radius 2 is 2.24 bits per heavy atom. The summed E-state index contributed by atoms with van der Waals surface area (Å²) < 4.78 is 6.65. The number of hydrogen-bond acceptors (Lipinski definition) is 8. The van der Waals surface area contributed by atoms with E-state index in [9.17, 15) is 0 Å². The summed E-state index contributed by atoms with van der Waals surface area (Å²) in [4.78, 5) is 13.0. The second kappa shape index (κ2) is 4.97. The summed E-state index contributed by atoms with van der Waals surface area (Å²) in [6, 6.07) is 0.208. The molecule has 0 saturated heterocycles. The molecular formula is C8H11N7OS. The van der Waals surface area contributed by atoms with E-state index in [1.807, 2.05) is 13.2 Å². The number of nitrogens with zero attached hydrogens (tertiary/aromatic N) is 5. The highest BCUT2D eigenvalue weighted by Crippen LogP contribution is 2.25. The standard InChI is InChI=1S/C8H11N7OS/c1-15-4-5(3-10-15)17-8-12-6(14-9)11-7(13-8)16-2/h3-4H,9H2,1-2H3,(H,11,12,13,14). The van der Waals surface area contributed by atoms with E-state index in [1.165, 1.54) is 18.9 Å². The molecule has 0 aliphatic rings. The minimum atomic E-state index is 0.208. The lowest BCUT2D eigenvalue weighted by Crippen LogP contribution is -2.12. The number of aromatic nitrogens is 5. The molecule has 0 bridgehead atoms. The molecular weight excluding hydrogens is 242 g/mol. The van der Waals surface area contributed by atoms with E-state index < -0.39 is 0 Å². The van der Waals surface area contributed by atoms with Gasteiger partial charge in [-0.1, -0.05) is 0 Å². The smallest absolute Gasteiger partial charge is 0.322 e. The van der Waals surface area contributed by atoms with Crippen molar-refractivity contribution < 1.29 is 4.74 Å². The molecule has 9 heteroatoms. The molecule has 0 aliphatic heterocycles. The molecule has 0 unspecified atom stereocenters. The lowest BCUT2D eigenvalue weighted by atomic mass is 10.7. The first kappa shape index (κ1) is 11.6. The van der Waals surface area contributed by atoms with Gasteiger partial charge in [0.05, 0.1) is 18.2 Å². The molecule has 2 heterocycles. The number of nitrogens with two attached hydrogens (primary N) is 1. The van der Waals surface area contributed by atoms with E-state index in [0.29, 0.717) is 5.16 Å². The molecule has 0 amide bonds. The first-order valence-electron chi connectivity index (χ1n) is 4.64. The summed E-state index contributed by atoms with van der Waals surface area (Å²) >= 11 is 1.35. The maximum absolute atomic E-state index is 5.26. The van der Waals surface area contributed by atoms with Gasteiger partial charge >= 0.3 is 6.01 Å². The van der Waals surface area contributed by atoms with E-state index in [2.05, 4.69) is 25.5 Å². The van der Waals surface area contributed by atoms with Crippen molar-refractivity contribution in [3.05, 3.63) is 12.4 Å². The number of rotatable bonds is 4. The van der Waals surface area contributed by atoms with Crippen LogP contribution in [-0.2, 0) is 7.05 Å². The monoisotopic (exact) mass is 253 g/mol. The van der Waals surface area contributed by atoms with Crippen molar-refractivity contribution in [2.45, 2.75) is 10.1 Å². The summed E-state index contributed by atoms with van der Waals surface area (Å²) in [6.45, 7) is 0. The lowest BCUT2D eigenvalue weighted by Gasteiger charge is -2.03. The van der Waals surface area contributed by atoms with E-state index in [0.717, 1.165) is 4.90 Å². The molecule has 0 aromatic carbocycles. The van der Waals surface area contributed by atoms with Crippen molar-refractivity contribution in [1.82, 2.24) is 24.7 Å². The van der Waals surface area contributed by atoms with E-state index >= 15 is 0 Å². The van der Waals surface area contributed by atoms with Crippen LogP contribution >= 0.6 is 11.8 Å². The van der Waals surface area contributed by atoms with Crippen LogP contribution in [0, 0.1) is 0 Å². The number of aryl methyl sites for hydroxylation is 1. The van der Waals surface area contributed by atoms with Crippen LogP contribution in [0.2, 0.25) is 0 Å². The molecule has 2 aromatic rings. The van der Waals surface area contributed by atoms with Gasteiger partial charge in [-0.3, -0.25) is 10.1 Å². The average Bonchev–Trinajstić information content (AvgIpc) is 2.74. The van der Waals surface area contributed by atoms with Gasteiger partial charge in [-0.2, -0.15) is 20.1 Å². The maximum atomic E-state index is 5.26. The Labute approximate surface area is 102 Å². The molecule has 0 saturated carbocycles. The van der Waals surface area contributed by atoms with Gasteiger partial charge in [-0.25, -0.2) is 5.84 Å². The van der Waals surface area contributed by atoms with E-state index in [-0.39, 0.29) is 12.0 Å². The summed E-state index contributed by atoms with van der Waals surface area (Å²) in [5, 5.41) is 4.54. The average molecular weight is 253 g/mol. The number of hydrogen-bond donors (Lipinski definition) is 2. The second-order valence-electron chi connectivity index (χ2n) is 3.02. The molecule has 2 aromatic heterocycles. The van der Waals surface area contributed by atoms with Crippen molar-refractivity contribution in [2.24, 2.45) is 12.9 Å². The van der Waals surface area contributed by atoms with Gasteiger partial charge in [-0.15, -0.1) is 0 Å². The summed E-state index contributed by atoms with van der Waals surface area (Å²) in [5.74, 6) is 5.51. The molecule has 0 fully saturated rings. The zero-order valence-corrected chi connectivity index (χ0v) is 10.1. The van der Waals surface area contributed by atoms with Gasteiger partial charge in [0.2, 0.25) is 11.1 Å². The quantitative estimate of drug-likeness (QED) is 0.582. The highest BCUT2D eigenvalue weighted by atomic mass is 32.2. The fourth-order valence-electron chi connectivity index (χ4n) is 1.10. The number of methoxy groups -OCH3 is 1. The number of hydrazine groups is 1. The maximum Gasteiger partial charge on any atom is 0.322 e. The fraction of sp³-hybridized carbons (Fsp3) is 0.250. The zero-order valence-electron chi connectivity index (χ0n) is 9.28. The van der Waals surface area contributed by atoms with Gasteiger partial charge < -0.3 is 4.74 Å². The molecule has 3 N–H and O–H groups in total. The number of nitrogens with one attached hydrogen (secondary N) is 1. The zero-order chi connectivity index (χ0) is 12.3. The Hall–Kier alpha value is -1.87. The largest absolute Gasteiger partial charge is 0.467 e. The summed E-state index contributed by atoms with van der Waals surface area (Å²) in [5.41, 5.74) is 2.36. The SMILES string of the molecule is COc1nc(NN)nc(Sc2cnn(C)c2)n1. The van der Waals surface area contributed by atoms with E-state index in [1.54, 1.807) is 10.9 Å². The van der Waals surface area contributed by atoms with Crippen molar-refractivity contribution in [3.63, 3.8) is 0 Å². The first-order chi connectivity index (χ1) is 8.21. The normalized spacial score (nSPS) is 10.3. The molecule has 0 atom stereocenters. The van der Waals surface area contributed by atoms with E-state index in [4.69, 9.17) is 10.6 Å². The minimum absolute atomic E-state index is 0.208. The number of anilines is 1. The lowest BCUT2D eigenvalue weighted by molar-refractivity contribution is 0.373. The van der Waals surface area contributed by atoms with Crippen LogP contribution in [0.5, 0.6) is 6.01 Å². The van der Waals surface area contributed by atoms with Gasteiger partial charge in [0.1, 0.15) is 0 Å². The number of nitrogen functional groups attached to an aromatic ring is 1. The Kier molecular flexibility index (Phi) is 3.40. The third kappa shape index (κ3) is 2.82. The second-order valence-corrected chi connectivity index (χ2v) is 4.07. The predicted molar refractivity (Wildman–Crippen MR) is 61.5 cm³/mol. The Balaban J connectivity index is 2.25. The minimum Gasteiger partial charge on any atom is -0.467 e. The van der Waals surface area contributed by atoms with Crippen molar-refractivity contribution in [2.75, 3.05) is 12.5 Å². The van der Waals surface area contributed by atoms with Crippen LogP contribution in [-0.4, -0.2) is 31.8 Å². The van der Waals surface area contributed by atoms with Gasteiger partial charge in [0.15, 0.2) is 0 Å². The number of ether oxygens (including phenoxy) is 1. The Bertz CT molecular complexity index is 492. The molecule has 90 valence electrons. The molecule has 0 spiro atoms. The topological polar surface area (TPSA) is 104 Å². The van der Waals surface area contributed by atoms with Crippen LogP contribution in [0.1, 0.15) is 0 Å². The van der Waals surface area contributed by atoms with Crippen LogP contribution in [0.4, 0.5) is 5.95 Å². The third-order valence-corrected chi connectivity index (χ3v) is 2.61. The Morgan fingerprint density at radius 3 is 2.82 bits per heavy atom. The third-order valence-electron chi connectivity index (χ3n) is 1.80. The molecule has 0 radical (unpaired) electrons. The molecule has 0 aliphatic carbocycles. The van der Waals surface area contributed by atoms with Crippen LogP contribution in [0.25, 0.3) is 0 Å². The molecule has 17 heavy (non-hydrogen) atoms. The Morgan fingerprint density at radius 1 is 1.41 bits per heavy atom. The van der Waals surface area contributed by atoms with Gasteiger partial charge in [0.25, 0.3) is 0 Å². The van der Waals surface area contributed by atoms with Crippen molar-refractivity contribution >= 4 is 17.7 Å². The molecule has 2 rings (SSSR count). The molecule has 8 nitrogen and oxygen atoms in total. The summed E-state index contributed by atoms with van der Waals surface area (Å²) in [6.07, 6.45) is 3.58. The first-order valence-corrected chi connectivity index (χ1v) is 5.46. The van der Waals surface area contributed by atoms with Crippen LogP contribution in [0.15, 0.2) is 22.4 Å². The van der Waals surface area contributed by atoms with Crippen LogP contribution in [0.3, 0.4) is 0 Å². The highest BCUT2D eigenvalue weighted by molar-refractivity contribution is 7.99. The predicted octanol–water partition coefficient (Wildman–Crippen LogP) is 0.0505. The highest BCUT2D eigenvalue weighted by Gasteiger charge is 2.08. The van der Waals surface area contributed by atoms with Crippen molar-refractivity contribution in [3.8, 4) is 6.01 Å². The van der Waals surface area contributed by atoms with Crippen LogP contribution < -0.4 is 16.0 Å². The summed E-state index contributed by atoms with van der Waals surface area (Å²) in [7, 11) is 3.32.